The number of piperazine rings is 1. The molecule has 7 heteroatoms. The Balaban J connectivity index is 0.00000320. The first-order chi connectivity index (χ1) is 14.1. The number of benzene rings is 1. The zero-order valence-electron chi connectivity index (χ0n) is 18.8. The smallest absolute Gasteiger partial charge is 0.219 e. The highest BCUT2D eigenvalue weighted by molar-refractivity contribution is 14.0. The van der Waals surface area contributed by atoms with Crippen molar-refractivity contribution in [2.75, 3.05) is 39.3 Å². The van der Waals surface area contributed by atoms with Crippen LogP contribution in [0.25, 0.3) is 0 Å². The molecule has 0 aliphatic carbocycles. The van der Waals surface area contributed by atoms with Crippen molar-refractivity contribution >= 4 is 35.8 Å². The van der Waals surface area contributed by atoms with Crippen LogP contribution in [0.1, 0.15) is 51.2 Å². The highest BCUT2D eigenvalue weighted by Gasteiger charge is 2.21. The summed E-state index contributed by atoms with van der Waals surface area (Å²) in [5.74, 6) is 1.12. The third-order valence-corrected chi connectivity index (χ3v) is 6.19. The summed E-state index contributed by atoms with van der Waals surface area (Å²) in [6.45, 7) is 13.0. The van der Waals surface area contributed by atoms with Crippen molar-refractivity contribution in [3.05, 3.63) is 35.4 Å². The van der Waals surface area contributed by atoms with Crippen LogP contribution in [0.2, 0.25) is 0 Å². The second-order valence-electron chi connectivity index (χ2n) is 8.25. The van der Waals surface area contributed by atoms with E-state index in [-0.39, 0.29) is 29.9 Å². The van der Waals surface area contributed by atoms with E-state index in [1.54, 1.807) is 6.92 Å². The number of aliphatic imine (C=N–C) groups is 1. The molecule has 2 fully saturated rings. The van der Waals surface area contributed by atoms with E-state index in [1.165, 1.54) is 36.9 Å². The number of piperidine rings is 1. The van der Waals surface area contributed by atoms with E-state index in [4.69, 9.17) is 4.99 Å². The number of likely N-dealkylation sites (tertiary alicyclic amines) is 1. The van der Waals surface area contributed by atoms with Gasteiger partial charge in [0.25, 0.3) is 0 Å². The van der Waals surface area contributed by atoms with E-state index in [0.717, 1.165) is 45.2 Å². The number of carbonyl (C=O) groups is 1. The molecule has 1 aromatic rings. The highest BCUT2D eigenvalue weighted by atomic mass is 127. The first-order valence-electron chi connectivity index (χ1n) is 11.2. The van der Waals surface area contributed by atoms with Crippen LogP contribution in [-0.4, -0.2) is 71.9 Å². The van der Waals surface area contributed by atoms with Crippen molar-refractivity contribution in [2.45, 2.75) is 59.2 Å². The molecular formula is C23H38IN5O. The monoisotopic (exact) mass is 527 g/mol. The lowest BCUT2D eigenvalue weighted by Gasteiger charge is -2.36. The first kappa shape index (κ1) is 24.9. The number of hydrogen-bond donors (Lipinski definition) is 1. The molecule has 2 saturated heterocycles. The van der Waals surface area contributed by atoms with Crippen molar-refractivity contribution in [3.8, 4) is 0 Å². The van der Waals surface area contributed by atoms with E-state index in [1.807, 2.05) is 4.90 Å². The third kappa shape index (κ3) is 6.83. The summed E-state index contributed by atoms with van der Waals surface area (Å²) >= 11 is 0. The van der Waals surface area contributed by atoms with Crippen LogP contribution in [0.15, 0.2) is 29.3 Å². The fourth-order valence-corrected chi connectivity index (χ4v) is 4.30. The van der Waals surface area contributed by atoms with Gasteiger partial charge in [-0.1, -0.05) is 30.7 Å². The zero-order chi connectivity index (χ0) is 20.6. The number of hydrogen-bond acceptors (Lipinski definition) is 3. The molecule has 2 heterocycles. The minimum absolute atomic E-state index is 0. The van der Waals surface area contributed by atoms with Gasteiger partial charge in [-0.05, 0) is 44.4 Å². The number of nitrogens with zero attached hydrogens (tertiary/aromatic N) is 4. The van der Waals surface area contributed by atoms with Gasteiger partial charge in [-0.3, -0.25) is 9.69 Å². The van der Waals surface area contributed by atoms with Crippen molar-refractivity contribution < 1.29 is 4.79 Å². The van der Waals surface area contributed by atoms with Crippen LogP contribution in [-0.2, 0) is 17.9 Å². The molecule has 30 heavy (non-hydrogen) atoms. The molecule has 2 aliphatic heterocycles. The van der Waals surface area contributed by atoms with Crippen LogP contribution in [0.4, 0.5) is 0 Å². The highest BCUT2D eigenvalue weighted by Crippen LogP contribution is 2.21. The van der Waals surface area contributed by atoms with Gasteiger partial charge in [0.15, 0.2) is 5.96 Å². The number of amides is 1. The van der Waals surface area contributed by atoms with Crippen molar-refractivity contribution in [2.24, 2.45) is 4.99 Å². The van der Waals surface area contributed by atoms with Crippen LogP contribution in [0.5, 0.6) is 0 Å². The van der Waals surface area contributed by atoms with Crippen molar-refractivity contribution in [3.63, 3.8) is 0 Å². The fourth-order valence-electron chi connectivity index (χ4n) is 4.30. The second kappa shape index (κ2) is 12.5. The average Bonchev–Trinajstić information content (AvgIpc) is 2.74. The fraction of sp³-hybridized carbons (Fsp3) is 0.652. The Hall–Kier alpha value is -1.35. The Kier molecular flexibility index (Phi) is 10.4. The maximum Gasteiger partial charge on any atom is 0.219 e. The standard InChI is InChI=1S/C23H37N5O.HI/c1-4-24-23(27-15-13-26(14-16-27)20(3)29)25-17-21-10-5-6-11-22(21)18-28-12-8-7-9-19(28)2;/h5-6,10-11,19H,4,7-9,12-18H2,1-3H3,(H,24,25);1H. The van der Waals surface area contributed by atoms with Gasteiger partial charge in [0, 0.05) is 52.2 Å². The topological polar surface area (TPSA) is 51.2 Å². The van der Waals surface area contributed by atoms with E-state index in [9.17, 15) is 4.79 Å². The minimum Gasteiger partial charge on any atom is -0.357 e. The predicted octanol–water partition coefficient (Wildman–Crippen LogP) is 3.31. The molecule has 1 aromatic carbocycles. The molecule has 1 amide bonds. The van der Waals surface area contributed by atoms with Gasteiger partial charge in [-0.25, -0.2) is 4.99 Å². The Labute approximate surface area is 199 Å². The van der Waals surface area contributed by atoms with Crippen LogP contribution in [0.3, 0.4) is 0 Å². The van der Waals surface area contributed by atoms with E-state index >= 15 is 0 Å². The number of guanidine groups is 1. The molecule has 0 radical (unpaired) electrons. The molecule has 1 unspecified atom stereocenters. The maximum atomic E-state index is 11.6. The minimum atomic E-state index is 0. The molecule has 2 aliphatic rings. The summed E-state index contributed by atoms with van der Waals surface area (Å²) in [6, 6.07) is 9.39. The van der Waals surface area contributed by atoms with Gasteiger partial charge in [0.1, 0.15) is 0 Å². The molecule has 0 spiro atoms. The van der Waals surface area contributed by atoms with Gasteiger partial charge in [-0.2, -0.15) is 0 Å². The number of rotatable bonds is 5. The van der Waals surface area contributed by atoms with Crippen LogP contribution >= 0.6 is 24.0 Å². The zero-order valence-corrected chi connectivity index (χ0v) is 21.1. The Bertz CT molecular complexity index is 703. The molecule has 3 rings (SSSR count). The molecule has 1 atom stereocenters. The van der Waals surface area contributed by atoms with E-state index < -0.39 is 0 Å². The van der Waals surface area contributed by atoms with Crippen molar-refractivity contribution in [1.29, 1.82) is 0 Å². The van der Waals surface area contributed by atoms with Gasteiger partial charge >= 0.3 is 0 Å². The summed E-state index contributed by atoms with van der Waals surface area (Å²) in [6.07, 6.45) is 3.96. The van der Waals surface area contributed by atoms with Gasteiger partial charge in [-0.15, -0.1) is 24.0 Å². The molecule has 0 aromatic heterocycles. The second-order valence-corrected chi connectivity index (χ2v) is 8.25. The molecule has 6 nitrogen and oxygen atoms in total. The first-order valence-corrected chi connectivity index (χ1v) is 11.2. The summed E-state index contributed by atoms with van der Waals surface area (Å²) in [7, 11) is 0. The van der Waals surface area contributed by atoms with Crippen LogP contribution < -0.4 is 5.32 Å². The van der Waals surface area contributed by atoms with E-state index in [2.05, 4.69) is 53.2 Å². The molecule has 1 N–H and O–H groups in total. The Morgan fingerprint density at radius 1 is 1.07 bits per heavy atom. The SMILES string of the molecule is CCNC(=NCc1ccccc1CN1CCCCC1C)N1CCN(C(C)=O)CC1.I. The summed E-state index contributed by atoms with van der Waals surface area (Å²) in [5.41, 5.74) is 2.70. The number of nitrogens with one attached hydrogen (secondary N) is 1. The molecule has 168 valence electrons. The lowest BCUT2D eigenvalue weighted by atomic mass is 10.0. The Morgan fingerprint density at radius 3 is 2.37 bits per heavy atom. The largest absolute Gasteiger partial charge is 0.357 e. The molecule has 0 bridgehead atoms. The summed E-state index contributed by atoms with van der Waals surface area (Å²) in [5, 5.41) is 3.44. The van der Waals surface area contributed by atoms with Gasteiger partial charge in [0.05, 0.1) is 6.54 Å². The average molecular weight is 527 g/mol. The van der Waals surface area contributed by atoms with E-state index in [0.29, 0.717) is 12.6 Å². The Morgan fingerprint density at radius 2 is 1.73 bits per heavy atom. The van der Waals surface area contributed by atoms with Crippen molar-refractivity contribution in [1.82, 2.24) is 20.0 Å². The van der Waals surface area contributed by atoms with Gasteiger partial charge in [0.2, 0.25) is 5.91 Å². The number of carbonyl (C=O) groups excluding carboxylic acids is 1. The third-order valence-electron chi connectivity index (χ3n) is 6.19. The molecule has 0 saturated carbocycles. The predicted molar refractivity (Wildman–Crippen MR) is 134 cm³/mol. The summed E-state index contributed by atoms with van der Waals surface area (Å²) < 4.78 is 0. The lowest BCUT2D eigenvalue weighted by molar-refractivity contribution is -0.130. The van der Waals surface area contributed by atoms with Gasteiger partial charge < -0.3 is 15.1 Å². The maximum absolute atomic E-state index is 11.6. The summed E-state index contributed by atoms with van der Waals surface area (Å²) in [4.78, 5) is 23.4. The lowest BCUT2D eigenvalue weighted by Crippen LogP contribution is -2.53. The normalized spacial score (nSPS) is 20.6. The molecular weight excluding hydrogens is 489 g/mol. The number of halogens is 1. The van der Waals surface area contributed by atoms with Crippen LogP contribution in [0, 0.1) is 0 Å². The quantitative estimate of drug-likeness (QED) is 0.363.